The molecule has 2 nitrogen and oxygen atoms in total. The largest absolute Gasteiger partial charge is 0.507 e. The first-order valence-corrected chi connectivity index (χ1v) is 10.4. The van der Waals surface area contributed by atoms with E-state index in [1.807, 2.05) is 72.8 Å². The Labute approximate surface area is 168 Å². The van der Waals surface area contributed by atoms with Gasteiger partial charge in [-0.3, -0.25) is 0 Å². The highest BCUT2D eigenvalue weighted by atomic mass is 16.5. The summed E-state index contributed by atoms with van der Waals surface area (Å²) in [4.78, 5) is 0. The number of hydrogen-bond donors (Lipinski definition) is 1. The van der Waals surface area contributed by atoms with Crippen LogP contribution < -0.4 is 4.74 Å². The van der Waals surface area contributed by atoms with E-state index in [0.717, 1.165) is 34.4 Å². The molecular formula is C26H30O2. The van der Waals surface area contributed by atoms with Crippen LogP contribution in [0.5, 0.6) is 11.5 Å². The molecule has 0 unspecified atom stereocenters. The minimum absolute atomic E-state index is 0.296. The second-order valence-corrected chi connectivity index (χ2v) is 7.22. The Hall–Kier alpha value is -2.74. The van der Waals surface area contributed by atoms with Crippen molar-refractivity contribution in [1.82, 2.24) is 0 Å². The van der Waals surface area contributed by atoms with Crippen molar-refractivity contribution in [1.29, 1.82) is 0 Å². The monoisotopic (exact) mass is 374 g/mol. The molecule has 0 aliphatic carbocycles. The second kappa shape index (κ2) is 10.6. The maximum absolute atomic E-state index is 11.0. The molecule has 1 N–H and O–H groups in total. The average Bonchev–Trinajstić information content (AvgIpc) is 2.75. The number of unbranched alkanes of at least 4 members (excludes halogenated alkanes) is 5. The Morgan fingerprint density at radius 1 is 0.679 bits per heavy atom. The maximum Gasteiger partial charge on any atom is 0.131 e. The molecule has 0 aliphatic rings. The van der Waals surface area contributed by atoms with E-state index in [4.69, 9.17) is 4.74 Å². The molecule has 0 aliphatic heterocycles. The van der Waals surface area contributed by atoms with E-state index in [2.05, 4.69) is 6.92 Å². The van der Waals surface area contributed by atoms with Crippen molar-refractivity contribution in [3.8, 4) is 33.8 Å². The maximum atomic E-state index is 11.0. The van der Waals surface area contributed by atoms with Crippen LogP contribution in [0.3, 0.4) is 0 Å². The van der Waals surface area contributed by atoms with Gasteiger partial charge in [-0.1, -0.05) is 99.7 Å². The molecule has 146 valence electrons. The number of rotatable bonds is 10. The molecule has 0 heterocycles. The summed E-state index contributed by atoms with van der Waals surface area (Å²) in [6.07, 6.45) is 7.44. The fourth-order valence-corrected chi connectivity index (χ4v) is 3.44. The predicted molar refractivity (Wildman–Crippen MR) is 118 cm³/mol. The first-order valence-electron chi connectivity index (χ1n) is 10.4. The first-order chi connectivity index (χ1) is 13.8. The number of phenolic OH excluding ortho intramolecular Hbond substituents is 1. The smallest absolute Gasteiger partial charge is 0.131 e. The van der Waals surface area contributed by atoms with Crippen molar-refractivity contribution in [2.75, 3.05) is 6.61 Å². The molecular weight excluding hydrogens is 344 g/mol. The molecule has 28 heavy (non-hydrogen) atoms. The van der Waals surface area contributed by atoms with Gasteiger partial charge >= 0.3 is 0 Å². The van der Waals surface area contributed by atoms with E-state index in [0.29, 0.717) is 12.4 Å². The summed E-state index contributed by atoms with van der Waals surface area (Å²) in [5.41, 5.74) is 3.59. The molecule has 0 bridgehead atoms. The quantitative estimate of drug-likeness (QED) is 0.373. The zero-order valence-electron chi connectivity index (χ0n) is 16.7. The Bertz CT molecular complexity index is 780. The van der Waals surface area contributed by atoms with E-state index in [-0.39, 0.29) is 0 Å². The highest BCUT2D eigenvalue weighted by molar-refractivity contribution is 5.83. The molecule has 2 heteroatoms. The number of phenols is 1. The third-order valence-electron chi connectivity index (χ3n) is 5.02. The topological polar surface area (TPSA) is 29.5 Å². The fourth-order valence-electron chi connectivity index (χ4n) is 3.44. The molecule has 0 spiro atoms. The highest BCUT2D eigenvalue weighted by Gasteiger charge is 2.14. The summed E-state index contributed by atoms with van der Waals surface area (Å²) in [5, 5.41) is 11.0. The van der Waals surface area contributed by atoms with Crippen LogP contribution in [0.4, 0.5) is 0 Å². The van der Waals surface area contributed by atoms with Crippen LogP contribution in [-0.2, 0) is 0 Å². The second-order valence-electron chi connectivity index (χ2n) is 7.22. The highest BCUT2D eigenvalue weighted by Crippen LogP contribution is 2.41. The third kappa shape index (κ3) is 5.39. The van der Waals surface area contributed by atoms with Gasteiger partial charge in [-0.05, 0) is 29.7 Å². The first kappa shape index (κ1) is 20.0. The van der Waals surface area contributed by atoms with Crippen LogP contribution in [0.15, 0.2) is 72.8 Å². The molecule has 0 atom stereocenters. The molecule has 0 saturated carbocycles. The van der Waals surface area contributed by atoms with Gasteiger partial charge < -0.3 is 9.84 Å². The van der Waals surface area contributed by atoms with Gasteiger partial charge in [0.2, 0.25) is 0 Å². The normalized spacial score (nSPS) is 10.8. The van der Waals surface area contributed by atoms with Crippen LogP contribution in [0.2, 0.25) is 0 Å². The standard InChI is InChI=1S/C26H30O2/c1-2-3-4-5-6-13-18-28-23-19-24(21-14-9-7-10-15-21)26(27)25(20-23)22-16-11-8-12-17-22/h7-12,14-17,19-20,27H,2-6,13,18H2,1H3. The molecule has 3 aromatic rings. The van der Waals surface area contributed by atoms with Crippen molar-refractivity contribution in [2.45, 2.75) is 45.4 Å². The lowest BCUT2D eigenvalue weighted by molar-refractivity contribution is 0.304. The molecule has 0 radical (unpaired) electrons. The Balaban J connectivity index is 1.80. The Morgan fingerprint density at radius 2 is 1.18 bits per heavy atom. The molecule has 0 fully saturated rings. The van der Waals surface area contributed by atoms with Gasteiger partial charge in [0.25, 0.3) is 0 Å². The van der Waals surface area contributed by atoms with Gasteiger partial charge in [-0.15, -0.1) is 0 Å². The van der Waals surface area contributed by atoms with Gasteiger partial charge in [0.1, 0.15) is 11.5 Å². The molecule has 3 rings (SSSR count). The van der Waals surface area contributed by atoms with Crippen LogP contribution >= 0.6 is 0 Å². The van der Waals surface area contributed by atoms with Crippen molar-refractivity contribution in [2.24, 2.45) is 0 Å². The molecule has 0 saturated heterocycles. The van der Waals surface area contributed by atoms with E-state index in [1.54, 1.807) is 0 Å². The fraction of sp³-hybridized carbons (Fsp3) is 0.308. The van der Waals surface area contributed by atoms with Gasteiger partial charge in [-0.25, -0.2) is 0 Å². The lowest BCUT2D eigenvalue weighted by Gasteiger charge is -2.15. The summed E-state index contributed by atoms with van der Waals surface area (Å²) in [7, 11) is 0. The number of benzene rings is 3. The minimum atomic E-state index is 0.296. The molecule has 3 aromatic carbocycles. The van der Waals surface area contributed by atoms with Crippen molar-refractivity contribution < 1.29 is 9.84 Å². The van der Waals surface area contributed by atoms with E-state index in [1.165, 1.54) is 32.1 Å². The summed E-state index contributed by atoms with van der Waals surface area (Å²) in [5.74, 6) is 1.10. The molecule has 0 amide bonds. The molecule has 0 aromatic heterocycles. The summed E-state index contributed by atoms with van der Waals surface area (Å²) >= 11 is 0. The van der Waals surface area contributed by atoms with E-state index < -0.39 is 0 Å². The SMILES string of the molecule is CCCCCCCCOc1cc(-c2ccccc2)c(O)c(-c2ccccc2)c1. The number of hydrogen-bond acceptors (Lipinski definition) is 2. The van der Waals surface area contributed by atoms with E-state index >= 15 is 0 Å². The number of ether oxygens (including phenoxy) is 1. The number of aromatic hydroxyl groups is 1. The third-order valence-corrected chi connectivity index (χ3v) is 5.02. The average molecular weight is 375 g/mol. The van der Waals surface area contributed by atoms with Crippen LogP contribution in [0, 0.1) is 0 Å². The minimum Gasteiger partial charge on any atom is -0.507 e. The Kier molecular flexibility index (Phi) is 7.54. The lowest BCUT2D eigenvalue weighted by atomic mass is 9.97. The summed E-state index contributed by atoms with van der Waals surface area (Å²) in [6.45, 7) is 2.95. The lowest BCUT2D eigenvalue weighted by Crippen LogP contribution is -1.98. The van der Waals surface area contributed by atoms with Gasteiger partial charge in [0, 0.05) is 11.1 Å². The van der Waals surface area contributed by atoms with Crippen LogP contribution in [-0.4, -0.2) is 11.7 Å². The van der Waals surface area contributed by atoms with Gasteiger partial charge in [0.15, 0.2) is 0 Å². The van der Waals surface area contributed by atoms with Crippen molar-refractivity contribution in [3.63, 3.8) is 0 Å². The predicted octanol–water partition coefficient (Wildman–Crippen LogP) is 7.47. The van der Waals surface area contributed by atoms with Crippen molar-refractivity contribution in [3.05, 3.63) is 72.8 Å². The van der Waals surface area contributed by atoms with Crippen LogP contribution in [0.1, 0.15) is 45.4 Å². The summed E-state index contributed by atoms with van der Waals surface area (Å²) < 4.78 is 6.08. The van der Waals surface area contributed by atoms with Gasteiger partial charge in [-0.2, -0.15) is 0 Å². The zero-order valence-corrected chi connectivity index (χ0v) is 16.7. The Morgan fingerprint density at radius 3 is 1.71 bits per heavy atom. The van der Waals surface area contributed by atoms with Crippen molar-refractivity contribution >= 4 is 0 Å². The zero-order chi connectivity index (χ0) is 19.6. The van der Waals surface area contributed by atoms with Crippen LogP contribution in [0.25, 0.3) is 22.3 Å². The van der Waals surface area contributed by atoms with Gasteiger partial charge in [0.05, 0.1) is 6.61 Å². The summed E-state index contributed by atoms with van der Waals surface area (Å²) in [6, 6.07) is 23.9. The van der Waals surface area contributed by atoms with E-state index in [9.17, 15) is 5.11 Å².